The van der Waals surface area contributed by atoms with Crippen LogP contribution in [0.2, 0.25) is 0 Å². The fraction of sp³-hybridized carbons (Fsp3) is 0.318. The molecule has 2 aromatic carbocycles. The monoisotopic (exact) mass is 424 g/mol. The summed E-state index contributed by atoms with van der Waals surface area (Å²) >= 11 is 1.29. The van der Waals surface area contributed by atoms with Gasteiger partial charge in [-0.1, -0.05) is 23.5 Å². The van der Waals surface area contributed by atoms with Gasteiger partial charge < -0.3 is 14.4 Å². The fourth-order valence-electron chi connectivity index (χ4n) is 3.66. The van der Waals surface area contributed by atoms with Crippen molar-refractivity contribution < 1.29 is 14.3 Å². The lowest BCUT2D eigenvalue weighted by Gasteiger charge is -2.20. The maximum atomic E-state index is 12.8. The quantitative estimate of drug-likeness (QED) is 0.633. The summed E-state index contributed by atoms with van der Waals surface area (Å²) in [4.78, 5) is 15.2. The molecule has 4 rings (SSSR count). The largest absolute Gasteiger partial charge is 0.493 e. The zero-order valence-corrected chi connectivity index (χ0v) is 18.1. The van der Waals surface area contributed by atoms with Gasteiger partial charge in [-0.05, 0) is 49.6 Å². The summed E-state index contributed by atoms with van der Waals surface area (Å²) in [6.45, 7) is 4.15. The van der Waals surface area contributed by atoms with Gasteiger partial charge in [-0.15, -0.1) is 10.2 Å². The van der Waals surface area contributed by atoms with Crippen LogP contribution in [-0.4, -0.2) is 43.4 Å². The second-order valence-corrected chi connectivity index (χ2v) is 8.08. The molecule has 1 amide bonds. The lowest BCUT2D eigenvalue weighted by Crippen LogP contribution is -2.20. The minimum atomic E-state index is -0.198. The number of methoxy groups -OCH3 is 2. The third-order valence-corrected chi connectivity index (χ3v) is 6.07. The molecule has 0 atom stereocenters. The van der Waals surface area contributed by atoms with Gasteiger partial charge in [-0.2, -0.15) is 0 Å². The number of aryl methyl sites for hydroxylation is 1. The second kappa shape index (κ2) is 8.71. The van der Waals surface area contributed by atoms with Crippen molar-refractivity contribution in [2.75, 3.05) is 37.5 Å². The number of hydrogen-bond acceptors (Lipinski definition) is 7. The molecule has 0 bridgehead atoms. The van der Waals surface area contributed by atoms with Gasteiger partial charge in [0.25, 0.3) is 5.91 Å². The van der Waals surface area contributed by atoms with Gasteiger partial charge in [0.15, 0.2) is 16.5 Å². The number of anilines is 2. The van der Waals surface area contributed by atoms with Crippen molar-refractivity contribution in [1.82, 2.24) is 10.2 Å². The van der Waals surface area contributed by atoms with Crippen molar-refractivity contribution in [3.05, 3.63) is 47.5 Å². The molecule has 7 nitrogen and oxygen atoms in total. The topological polar surface area (TPSA) is 76.6 Å². The first kappa shape index (κ1) is 20.2. The number of carbonyl (C=O) groups is 1. The number of carbonyl (C=O) groups excluding carboxylic acids is 1. The zero-order valence-electron chi connectivity index (χ0n) is 17.3. The van der Waals surface area contributed by atoms with Crippen molar-refractivity contribution in [1.29, 1.82) is 0 Å². The summed E-state index contributed by atoms with van der Waals surface area (Å²) in [5, 5.41) is 12.3. The van der Waals surface area contributed by atoms with E-state index in [2.05, 4.69) is 27.3 Å². The maximum absolute atomic E-state index is 12.8. The molecule has 156 valence electrons. The standard InChI is InChI=1S/C22H24N4O3S/c1-14-9-10-15(13-17(14)26-11-4-5-12-26)20(27)23-22-25-24-21(30-22)16-7-6-8-18(28-2)19(16)29-3/h6-10,13H,4-5,11-12H2,1-3H3,(H,23,25,27). The number of nitrogens with zero attached hydrogens (tertiary/aromatic N) is 3. The predicted octanol–water partition coefficient (Wildman–Crippen LogP) is 4.38. The molecule has 30 heavy (non-hydrogen) atoms. The van der Waals surface area contributed by atoms with Crippen LogP contribution in [0.5, 0.6) is 11.5 Å². The SMILES string of the molecule is COc1cccc(-c2nnc(NC(=O)c3ccc(C)c(N4CCCC4)c3)s2)c1OC. The summed E-state index contributed by atoms with van der Waals surface area (Å²) in [6, 6.07) is 11.4. The summed E-state index contributed by atoms with van der Waals surface area (Å²) in [6.07, 6.45) is 2.38. The Balaban J connectivity index is 1.55. The number of nitrogens with one attached hydrogen (secondary N) is 1. The summed E-state index contributed by atoms with van der Waals surface area (Å²) in [5.74, 6) is 1.00. The first-order chi connectivity index (χ1) is 14.6. The van der Waals surface area contributed by atoms with Gasteiger partial charge in [0, 0.05) is 24.3 Å². The molecule has 0 radical (unpaired) electrons. The molecule has 0 unspecified atom stereocenters. The van der Waals surface area contributed by atoms with Gasteiger partial charge in [0.1, 0.15) is 0 Å². The number of aromatic nitrogens is 2. The normalized spacial score (nSPS) is 13.4. The van der Waals surface area contributed by atoms with Crippen LogP contribution in [0.15, 0.2) is 36.4 Å². The predicted molar refractivity (Wildman–Crippen MR) is 119 cm³/mol. The number of benzene rings is 2. The average Bonchev–Trinajstić information content (AvgIpc) is 3.45. The molecule has 1 saturated heterocycles. The van der Waals surface area contributed by atoms with Crippen LogP contribution >= 0.6 is 11.3 Å². The van der Waals surface area contributed by atoms with Crippen molar-refractivity contribution in [3.8, 4) is 22.1 Å². The second-order valence-electron chi connectivity index (χ2n) is 7.10. The lowest BCUT2D eigenvalue weighted by atomic mass is 10.1. The Labute approximate surface area is 179 Å². The van der Waals surface area contributed by atoms with E-state index in [9.17, 15) is 4.79 Å². The Hall–Kier alpha value is -3.13. The van der Waals surface area contributed by atoms with E-state index in [1.165, 1.54) is 29.7 Å². The lowest BCUT2D eigenvalue weighted by molar-refractivity contribution is 0.102. The molecule has 2 heterocycles. The van der Waals surface area contributed by atoms with E-state index in [0.29, 0.717) is 27.2 Å². The molecule has 1 fully saturated rings. The average molecular weight is 425 g/mol. The summed E-state index contributed by atoms with van der Waals surface area (Å²) < 4.78 is 10.8. The van der Waals surface area contributed by atoms with Crippen LogP contribution < -0.4 is 19.7 Å². The van der Waals surface area contributed by atoms with Gasteiger partial charge in [0.2, 0.25) is 5.13 Å². The Morgan fingerprint density at radius 1 is 1.10 bits per heavy atom. The summed E-state index contributed by atoms with van der Waals surface area (Å²) in [7, 11) is 3.17. The van der Waals surface area contributed by atoms with Crippen LogP contribution in [0.1, 0.15) is 28.8 Å². The Kier molecular flexibility index (Phi) is 5.85. The highest BCUT2D eigenvalue weighted by Crippen LogP contribution is 2.39. The smallest absolute Gasteiger partial charge is 0.257 e. The highest BCUT2D eigenvalue weighted by atomic mass is 32.1. The molecule has 0 spiro atoms. The first-order valence-corrected chi connectivity index (χ1v) is 10.6. The van der Waals surface area contributed by atoms with E-state index < -0.39 is 0 Å². The Morgan fingerprint density at radius 3 is 2.63 bits per heavy atom. The molecular weight excluding hydrogens is 400 g/mol. The van der Waals surface area contributed by atoms with Crippen LogP contribution in [0.25, 0.3) is 10.6 Å². The molecule has 1 aliphatic rings. The van der Waals surface area contributed by atoms with Crippen molar-refractivity contribution >= 4 is 28.1 Å². The van der Waals surface area contributed by atoms with Crippen LogP contribution in [0.3, 0.4) is 0 Å². The van der Waals surface area contributed by atoms with E-state index >= 15 is 0 Å². The van der Waals surface area contributed by atoms with Gasteiger partial charge in [0.05, 0.1) is 19.8 Å². The molecule has 1 aromatic heterocycles. The van der Waals surface area contributed by atoms with Crippen LogP contribution in [0, 0.1) is 6.92 Å². The van der Waals surface area contributed by atoms with E-state index in [1.807, 2.05) is 36.4 Å². The van der Waals surface area contributed by atoms with Crippen molar-refractivity contribution in [2.24, 2.45) is 0 Å². The maximum Gasteiger partial charge on any atom is 0.257 e. The van der Waals surface area contributed by atoms with Gasteiger partial charge in [-0.3, -0.25) is 10.1 Å². The van der Waals surface area contributed by atoms with Crippen LogP contribution in [0.4, 0.5) is 10.8 Å². The third kappa shape index (κ3) is 3.95. The Morgan fingerprint density at radius 2 is 1.90 bits per heavy atom. The molecule has 0 saturated carbocycles. The van der Waals surface area contributed by atoms with E-state index in [1.54, 1.807) is 14.2 Å². The highest BCUT2D eigenvalue weighted by molar-refractivity contribution is 7.18. The van der Waals surface area contributed by atoms with E-state index in [0.717, 1.165) is 24.3 Å². The third-order valence-electron chi connectivity index (χ3n) is 5.20. The number of rotatable bonds is 6. The number of amides is 1. The highest BCUT2D eigenvalue weighted by Gasteiger charge is 2.19. The molecule has 0 aliphatic carbocycles. The molecule has 1 N–H and O–H groups in total. The molecule has 1 aliphatic heterocycles. The fourth-order valence-corrected chi connectivity index (χ4v) is 4.42. The number of para-hydroxylation sites is 1. The van der Waals surface area contributed by atoms with Crippen molar-refractivity contribution in [3.63, 3.8) is 0 Å². The van der Waals surface area contributed by atoms with Crippen molar-refractivity contribution in [2.45, 2.75) is 19.8 Å². The van der Waals surface area contributed by atoms with Crippen LogP contribution in [-0.2, 0) is 0 Å². The number of hydrogen-bond donors (Lipinski definition) is 1. The molecular formula is C22H24N4O3S. The summed E-state index contributed by atoms with van der Waals surface area (Å²) in [5.41, 5.74) is 3.68. The van der Waals surface area contributed by atoms with Gasteiger partial charge >= 0.3 is 0 Å². The van der Waals surface area contributed by atoms with E-state index in [4.69, 9.17) is 9.47 Å². The first-order valence-electron chi connectivity index (χ1n) is 9.82. The zero-order chi connectivity index (χ0) is 21.1. The Bertz CT molecular complexity index is 1060. The van der Waals surface area contributed by atoms with Gasteiger partial charge in [-0.25, -0.2) is 0 Å². The van der Waals surface area contributed by atoms with E-state index in [-0.39, 0.29) is 5.91 Å². The minimum absolute atomic E-state index is 0.198. The molecule has 8 heteroatoms. The number of ether oxygens (including phenoxy) is 2. The molecule has 3 aromatic rings. The minimum Gasteiger partial charge on any atom is -0.493 e.